The molecular weight excluding hydrogens is 650 g/mol. The topological polar surface area (TPSA) is 261 Å². The van der Waals surface area contributed by atoms with E-state index in [1.165, 1.54) is 31.2 Å². The summed E-state index contributed by atoms with van der Waals surface area (Å²) in [5.41, 5.74) is 5.16. The number of carbonyl (C=O) groups is 1. The van der Waals surface area contributed by atoms with Crippen molar-refractivity contribution in [2.45, 2.75) is 21.9 Å². The van der Waals surface area contributed by atoms with E-state index in [1.54, 1.807) is 0 Å². The molecule has 0 atom stereocenters. The third kappa shape index (κ3) is 7.04. The Hall–Kier alpha value is -4.27. The molecule has 0 aliphatic rings. The number of urea groups is 1. The van der Waals surface area contributed by atoms with Gasteiger partial charge in [-0.25, -0.2) is 18.2 Å². The van der Waals surface area contributed by atoms with Crippen molar-refractivity contribution < 1.29 is 39.2 Å². The fourth-order valence-corrected chi connectivity index (χ4v) is 6.05. The number of anilines is 3. The summed E-state index contributed by atoms with van der Waals surface area (Å²) in [6.45, 7) is 1.48. The van der Waals surface area contributed by atoms with E-state index in [4.69, 9.17) is 17.3 Å². The maximum Gasteiger partial charge on any atom is 0.316 e. The van der Waals surface area contributed by atoms with Crippen LogP contribution in [0.5, 0.6) is 0 Å². The molecule has 43 heavy (non-hydrogen) atoms. The van der Waals surface area contributed by atoms with Crippen LogP contribution in [0.3, 0.4) is 0 Å². The summed E-state index contributed by atoms with van der Waals surface area (Å²) in [5.74, 6) is -0.0628. The average Bonchev–Trinajstić information content (AvgIpc) is 2.87. The van der Waals surface area contributed by atoms with Crippen LogP contribution in [0.15, 0.2) is 73.7 Å². The Morgan fingerprint density at radius 1 is 0.907 bits per heavy atom. The highest BCUT2D eigenvalue weighted by molar-refractivity contribution is 7.90. The van der Waals surface area contributed by atoms with Gasteiger partial charge in [0.1, 0.15) is 26.2 Å². The highest BCUT2D eigenvalue weighted by Crippen LogP contribution is 2.38. The summed E-state index contributed by atoms with van der Waals surface area (Å²) in [6.07, 6.45) is 0.921. The summed E-state index contributed by atoms with van der Waals surface area (Å²) in [6, 6.07) is 8.66. The van der Waals surface area contributed by atoms with Crippen LogP contribution in [0.25, 0.3) is 10.8 Å². The van der Waals surface area contributed by atoms with Crippen molar-refractivity contribution in [3.8, 4) is 0 Å². The van der Waals surface area contributed by atoms with Gasteiger partial charge in [-0.05, 0) is 37.3 Å². The van der Waals surface area contributed by atoms with Crippen molar-refractivity contribution in [2.24, 2.45) is 16.0 Å². The van der Waals surface area contributed by atoms with Crippen molar-refractivity contribution in [3.05, 3.63) is 59.2 Å². The second-order valence-electron chi connectivity index (χ2n) is 8.79. The molecular formula is C23H20ClN7O9S3. The van der Waals surface area contributed by atoms with Gasteiger partial charge in [0, 0.05) is 22.7 Å². The molecule has 0 radical (unpaired) electrons. The minimum absolute atomic E-state index is 0.0202. The molecule has 0 saturated heterocycles. The average molecular weight is 670 g/mol. The second kappa shape index (κ2) is 11.4. The lowest BCUT2D eigenvalue weighted by molar-refractivity contribution is 0.259. The van der Waals surface area contributed by atoms with Gasteiger partial charge in [-0.3, -0.25) is 9.11 Å². The fraction of sp³-hybridized carbons (Fsp3) is 0.0870. The summed E-state index contributed by atoms with van der Waals surface area (Å²) in [4.78, 5) is 18.1. The molecule has 4 aromatic rings. The first-order valence-electron chi connectivity index (χ1n) is 11.5. The molecule has 1 aromatic heterocycles. The van der Waals surface area contributed by atoms with Crippen molar-refractivity contribution in [1.29, 1.82) is 0 Å². The molecule has 0 saturated carbocycles. The number of carbonyl (C=O) groups excluding carboxylic acids is 1. The van der Waals surface area contributed by atoms with Crippen molar-refractivity contribution >= 4 is 87.0 Å². The minimum atomic E-state index is -5.02. The van der Waals surface area contributed by atoms with Crippen molar-refractivity contribution in [2.75, 3.05) is 16.9 Å². The monoisotopic (exact) mass is 669 g/mol. The highest BCUT2D eigenvalue weighted by atomic mass is 35.5. The lowest BCUT2D eigenvalue weighted by Gasteiger charge is -2.13. The van der Waals surface area contributed by atoms with Crippen LogP contribution in [0.2, 0.25) is 5.02 Å². The predicted octanol–water partition coefficient (Wildman–Crippen LogP) is 4.14. The Kier molecular flexibility index (Phi) is 8.42. The molecule has 20 heteroatoms. The first-order valence-corrected chi connectivity index (χ1v) is 16.7. The van der Waals surface area contributed by atoms with Gasteiger partial charge in [0.05, 0.1) is 11.4 Å². The van der Waals surface area contributed by atoms with E-state index in [0.717, 1.165) is 30.5 Å². The van der Waals surface area contributed by atoms with Gasteiger partial charge in [-0.1, -0.05) is 29.8 Å². The Morgan fingerprint density at radius 3 is 2.16 bits per heavy atom. The van der Waals surface area contributed by atoms with Crippen LogP contribution in [-0.4, -0.2) is 56.6 Å². The van der Waals surface area contributed by atoms with Crippen molar-refractivity contribution in [1.82, 2.24) is 9.97 Å². The molecule has 226 valence electrons. The third-order valence-corrected chi connectivity index (χ3v) is 8.75. The number of primary amides is 1. The normalized spacial score (nSPS) is 12.5. The zero-order chi connectivity index (χ0) is 31.9. The lowest BCUT2D eigenvalue weighted by atomic mass is 10.1. The quantitative estimate of drug-likeness (QED) is 0.101. The first kappa shape index (κ1) is 31.7. The summed E-state index contributed by atoms with van der Waals surface area (Å²) < 4.78 is 91.6. The van der Waals surface area contributed by atoms with E-state index in [0.29, 0.717) is 0 Å². The van der Waals surface area contributed by atoms with Crippen LogP contribution in [0.1, 0.15) is 5.69 Å². The maximum atomic E-state index is 12.3. The largest absolute Gasteiger partial charge is 0.351 e. The Balaban J connectivity index is 1.81. The van der Waals surface area contributed by atoms with Crippen LogP contribution >= 0.6 is 11.6 Å². The third-order valence-electron chi connectivity index (χ3n) is 5.60. The molecule has 4 rings (SSSR count). The molecule has 0 aliphatic heterocycles. The second-order valence-corrected chi connectivity index (χ2v) is 13.8. The summed E-state index contributed by atoms with van der Waals surface area (Å²) in [5, 5.41) is 12.0. The number of amides is 2. The van der Waals surface area contributed by atoms with Crippen molar-refractivity contribution in [3.63, 3.8) is 0 Å². The molecule has 0 fully saturated rings. The van der Waals surface area contributed by atoms with Gasteiger partial charge in [0.25, 0.3) is 20.2 Å². The lowest BCUT2D eigenvalue weighted by Crippen LogP contribution is -2.19. The zero-order valence-electron chi connectivity index (χ0n) is 21.8. The molecule has 0 bridgehead atoms. The van der Waals surface area contributed by atoms with Crippen LogP contribution in [0, 0.1) is 6.92 Å². The van der Waals surface area contributed by atoms with E-state index >= 15 is 0 Å². The van der Waals surface area contributed by atoms with E-state index < -0.39 is 56.7 Å². The van der Waals surface area contributed by atoms with Crippen LogP contribution in [0.4, 0.5) is 33.4 Å². The molecule has 16 nitrogen and oxygen atoms in total. The molecule has 2 amide bonds. The SMILES string of the molecule is Cc1nc(S(C)(=O)=O)nc(Nc2ccc(N=Nc3ccc4c(S(=O)(=O)O)cccc4c3S(=O)(=O)O)c(NC(N)=O)c2)c1Cl. The minimum Gasteiger partial charge on any atom is -0.351 e. The van der Waals surface area contributed by atoms with E-state index in [1.807, 2.05) is 0 Å². The predicted molar refractivity (Wildman–Crippen MR) is 156 cm³/mol. The number of hydrogen-bond acceptors (Lipinski definition) is 12. The number of hydrogen-bond donors (Lipinski definition) is 5. The number of nitrogens with one attached hydrogen (secondary N) is 2. The summed E-state index contributed by atoms with van der Waals surface area (Å²) >= 11 is 6.24. The number of aromatic nitrogens is 2. The van der Waals surface area contributed by atoms with E-state index in [-0.39, 0.29) is 44.4 Å². The number of nitrogens with zero attached hydrogens (tertiary/aromatic N) is 4. The van der Waals surface area contributed by atoms with Crippen LogP contribution in [-0.2, 0) is 30.1 Å². The summed E-state index contributed by atoms with van der Waals surface area (Å²) in [7, 11) is -13.6. The molecule has 3 aromatic carbocycles. The van der Waals surface area contributed by atoms with Gasteiger partial charge in [-0.15, -0.1) is 10.2 Å². The number of benzene rings is 3. The van der Waals surface area contributed by atoms with Crippen LogP contribution < -0.4 is 16.4 Å². The maximum absolute atomic E-state index is 12.3. The number of aryl methyl sites for hydroxylation is 1. The van der Waals surface area contributed by atoms with E-state index in [2.05, 4.69) is 30.8 Å². The number of halogens is 1. The van der Waals surface area contributed by atoms with Gasteiger partial charge in [0.15, 0.2) is 5.82 Å². The zero-order valence-corrected chi connectivity index (χ0v) is 25.0. The molecule has 6 N–H and O–H groups in total. The number of fused-ring (bicyclic) bond motifs is 1. The van der Waals surface area contributed by atoms with E-state index in [9.17, 15) is 39.2 Å². The Bertz CT molecular complexity index is 2170. The molecule has 1 heterocycles. The molecule has 0 aliphatic carbocycles. The van der Waals surface area contributed by atoms with Gasteiger partial charge in [-0.2, -0.15) is 21.8 Å². The molecule has 0 spiro atoms. The van der Waals surface area contributed by atoms with Gasteiger partial charge < -0.3 is 16.4 Å². The highest BCUT2D eigenvalue weighted by Gasteiger charge is 2.24. The number of azo groups is 1. The standard InChI is InChI=1S/C23H20ClN7O9S3/c1-11-19(24)21(29-23(26-11)41(2,33)34)27-12-6-8-15(17(10-12)28-22(25)32)30-31-16-9-7-13-14(20(16)43(38,39)40)4-3-5-18(13)42(35,36)37/h3-10H,1-2H3,(H3,25,28,32)(H,26,27,29)(H,35,36,37)(H,38,39,40). The van der Waals surface area contributed by atoms with Gasteiger partial charge in [0.2, 0.25) is 15.0 Å². The smallest absolute Gasteiger partial charge is 0.316 e. The fourth-order valence-electron chi connectivity index (χ4n) is 3.83. The Labute approximate surface area is 249 Å². The van der Waals surface area contributed by atoms with Gasteiger partial charge >= 0.3 is 6.03 Å². The molecule has 0 unspecified atom stereocenters. The first-order chi connectivity index (χ1) is 19.9. The number of nitrogens with two attached hydrogens (primary N) is 1. The Morgan fingerprint density at radius 2 is 1.56 bits per heavy atom. The number of sulfone groups is 1. The number of rotatable bonds is 8.